The van der Waals surface area contributed by atoms with Crippen LogP contribution in [0.3, 0.4) is 0 Å². The fraction of sp³-hybridized carbons (Fsp3) is 0.333. The third kappa shape index (κ3) is 4.96. The van der Waals surface area contributed by atoms with Crippen LogP contribution >= 0.6 is 0 Å². The summed E-state index contributed by atoms with van der Waals surface area (Å²) in [5, 5.41) is 3.39. The van der Waals surface area contributed by atoms with Gasteiger partial charge in [0.15, 0.2) is 11.5 Å². The predicted molar refractivity (Wildman–Crippen MR) is 92.4 cm³/mol. The molecule has 0 spiro atoms. The Morgan fingerprint density at radius 1 is 1.25 bits per heavy atom. The lowest BCUT2D eigenvalue weighted by Gasteiger charge is -2.12. The van der Waals surface area contributed by atoms with E-state index in [1.165, 1.54) is 6.20 Å². The molecule has 128 valence electrons. The number of carbonyl (C=O) groups is 1. The van der Waals surface area contributed by atoms with E-state index in [1.807, 2.05) is 18.2 Å². The SMILES string of the molecule is COc1cc(CNCC(C)C)ccc1Oc1ccc(C(N)=O)cn1. The Morgan fingerprint density at radius 3 is 2.62 bits per heavy atom. The molecule has 0 unspecified atom stereocenters. The maximum atomic E-state index is 11.1. The summed E-state index contributed by atoms with van der Waals surface area (Å²) in [6.45, 7) is 6.05. The number of methoxy groups -OCH3 is 1. The van der Waals surface area contributed by atoms with Crippen LogP contribution in [0, 0.1) is 5.92 Å². The first-order valence-corrected chi connectivity index (χ1v) is 7.81. The average molecular weight is 329 g/mol. The highest BCUT2D eigenvalue weighted by Gasteiger charge is 2.09. The van der Waals surface area contributed by atoms with Crippen molar-refractivity contribution in [2.45, 2.75) is 20.4 Å². The van der Waals surface area contributed by atoms with E-state index in [0.717, 1.165) is 18.7 Å². The highest BCUT2D eigenvalue weighted by Crippen LogP contribution is 2.31. The Morgan fingerprint density at radius 2 is 2.04 bits per heavy atom. The van der Waals surface area contributed by atoms with Gasteiger partial charge in [0.05, 0.1) is 12.7 Å². The first kappa shape index (κ1) is 17.7. The van der Waals surface area contributed by atoms with Gasteiger partial charge >= 0.3 is 0 Å². The van der Waals surface area contributed by atoms with Gasteiger partial charge in [0, 0.05) is 18.8 Å². The van der Waals surface area contributed by atoms with Crippen molar-refractivity contribution < 1.29 is 14.3 Å². The molecule has 0 saturated carbocycles. The molecule has 0 saturated heterocycles. The number of amides is 1. The minimum absolute atomic E-state index is 0.334. The average Bonchev–Trinajstić information content (AvgIpc) is 2.56. The Balaban J connectivity index is 2.08. The molecule has 0 fully saturated rings. The van der Waals surface area contributed by atoms with E-state index in [-0.39, 0.29) is 0 Å². The molecule has 1 aromatic carbocycles. The minimum Gasteiger partial charge on any atom is -0.493 e. The molecule has 2 aromatic rings. The lowest BCUT2D eigenvalue weighted by atomic mass is 10.2. The number of benzene rings is 1. The monoisotopic (exact) mass is 329 g/mol. The lowest BCUT2D eigenvalue weighted by Crippen LogP contribution is -2.18. The van der Waals surface area contributed by atoms with Crippen molar-refractivity contribution in [3.8, 4) is 17.4 Å². The van der Waals surface area contributed by atoms with Gasteiger partial charge in [-0.25, -0.2) is 4.98 Å². The molecule has 1 heterocycles. The van der Waals surface area contributed by atoms with Crippen LogP contribution in [-0.2, 0) is 6.54 Å². The molecule has 0 aliphatic heterocycles. The molecule has 1 aromatic heterocycles. The van der Waals surface area contributed by atoms with Crippen LogP contribution < -0.4 is 20.5 Å². The smallest absolute Gasteiger partial charge is 0.250 e. The summed E-state index contributed by atoms with van der Waals surface area (Å²) >= 11 is 0. The van der Waals surface area contributed by atoms with Gasteiger partial charge in [0.2, 0.25) is 11.8 Å². The number of nitrogens with two attached hydrogens (primary N) is 1. The van der Waals surface area contributed by atoms with Crippen molar-refractivity contribution in [2.24, 2.45) is 11.7 Å². The number of nitrogens with zero attached hydrogens (tertiary/aromatic N) is 1. The normalized spacial score (nSPS) is 10.7. The van der Waals surface area contributed by atoms with E-state index in [4.69, 9.17) is 15.2 Å². The van der Waals surface area contributed by atoms with Gasteiger partial charge in [-0.1, -0.05) is 19.9 Å². The second-order valence-corrected chi connectivity index (χ2v) is 5.86. The van der Waals surface area contributed by atoms with Crippen molar-refractivity contribution in [3.05, 3.63) is 47.7 Å². The standard InChI is InChI=1S/C18H23N3O3/c1-12(2)9-20-10-13-4-6-15(16(8-13)23-3)24-17-7-5-14(11-21-17)18(19)22/h4-8,11-12,20H,9-10H2,1-3H3,(H2,19,22). The Labute approximate surface area is 142 Å². The van der Waals surface area contributed by atoms with Gasteiger partial charge < -0.3 is 20.5 Å². The summed E-state index contributed by atoms with van der Waals surface area (Å²) in [6.07, 6.45) is 1.38. The molecule has 0 aliphatic rings. The van der Waals surface area contributed by atoms with E-state index in [0.29, 0.717) is 28.9 Å². The first-order valence-electron chi connectivity index (χ1n) is 7.81. The predicted octanol–water partition coefficient (Wildman–Crippen LogP) is 2.73. The Kier molecular flexibility index (Phi) is 6.14. The highest BCUT2D eigenvalue weighted by molar-refractivity contribution is 5.92. The van der Waals surface area contributed by atoms with Gasteiger partial charge in [0.1, 0.15) is 0 Å². The van der Waals surface area contributed by atoms with Crippen LogP contribution in [0.2, 0.25) is 0 Å². The first-order chi connectivity index (χ1) is 11.5. The number of hydrogen-bond acceptors (Lipinski definition) is 5. The quantitative estimate of drug-likeness (QED) is 0.777. The van der Waals surface area contributed by atoms with Gasteiger partial charge in [-0.2, -0.15) is 0 Å². The van der Waals surface area contributed by atoms with Crippen LogP contribution in [0.1, 0.15) is 29.8 Å². The zero-order valence-electron chi connectivity index (χ0n) is 14.2. The van der Waals surface area contributed by atoms with Crippen molar-refractivity contribution in [3.63, 3.8) is 0 Å². The number of carbonyl (C=O) groups excluding carboxylic acids is 1. The maximum Gasteiger partial charge on any atom is 0.250 e. The molecule has 6 heteroatoms. The van der Waals surface area contributed by atoms with Gasteiger partial charge in [-0.15, -0.1) is 0 Å². The topological polar surface area (TPSA) is 86.5 Å². The van der Waals surface area contributed by atoms with Crippen LogP contribution in [0.25, 0.3) is 0 Å². The van der Waals surface area contributed by atoms with Crippen molar-refractivity contribution in [1.29, 1.82) is 0 Å². The van der Waals surface area contributed by atoms with E-state index in [2.05, 4.69) is 24.1 Å². The molecule has 1 amide bonds. The highest BCUT2D eigenvalue weighted by atomic mass is 16.5. The molecular formula is C18H23N3O3. The van der Waals surface area contributed by atoms with Crippen molar-refractivity contribution in [1.82, 2.24) is 10.3 Å². The Hall–Kier alpha value is -2.60. The summed E-state index contributed by atoms with van der Waals surface area (Å²) in [6, 6.07) is 8.91. The number of hydrogen-bond donors (Lipinski definition) is 2. The van der Waals surface area contributed by atoms with Gasteiger partial charge in [0.25, 0.3) is 0 Å². The second-order valence-electron chi connectivity index (χ2n) is 5.86. The number of nitrogens with one attached hydrogen (secondary N) is 1. The molecule has 24 heavy (non-hydrogen) atoms. The minimum atomic E-state index is -0.523. The third-order valence-electron chi connectivity index (χ3n) is 3.35. The van der Waals surface area contributed by atoms with Crippen LogP contribution in [0.4, 0.5) is 0 Å². The summed E-state index contributed by atoms with van der Waals surface area (Å²) in [7, 11) is 1.59. The molecule has 2 rings (SSSR count). The molecular weight excluding hydrogens is 306 g/mol. The van der Waals surface area contributed by atoms with E-state index in [1.54, 1.807) is 19.2 Å². The number of rotatable bonds is 8. The molecule has 0 aliphatic carbocycles. The molecule has 0 atom stereocenters. The van der Waals surface area contributed by atoms with Crippen molar-refractivity contribution in [2.75, 3.05) is 13.7 Å². The van der Waals surface area contributed by atoms with Crippen molar-refractivity contribution >= 4 is 5.91 Å². The maximum absolute atomic E-state index is 11.1. The number of pyridine rings is 1. The van der Waals surface area contributed by atoms with E-state index >= 15 is 0 Å². The van der Waals surface area contributed by atoms with E-state index in [9.17, 15) is 4.79 Å². The summed E-state index contributed by atoms with van der Waals surface area (Å²) in [5.74, 6) is 1.63. The van der Waals surface area contributed by atoms with Gasteiger partial charge in [-0.3, -0.25) is 4.79 Å². The van der Waals surface area contributed by atoms with Gasteiger partial charge in [-0.05, 0) is 36.2 Å². The van der Waals surface area contributed by atoms with Crippen LogP contribution in [0.5, 0.6) is 17.4 Å². The molecule has 0 radical (unpaired) electrons. The zero-order chi connectivity index (χ0) is 17.5. The number of aromatic nitrogens is 1. The Bertz CT molecular complexity index is 684. The molecule has 6 nitrogen and oxygen atoms in total. The molecule has 0 bridgehead atoms. The van der Waals surface area contributed by atoms with E-state index < -0.39 is 5.91 Å². The largest absolute Gasteiger partial charge is 0.493 e. The molecule has 3 N–H and O–H groups in total. The fourth-order valence-corrected chi connectivity index (χ4v) is 2.11. The summed E-state index contributed by atoms with van der Waals surface area (Å²) in [5.41, 5.74) is 6.63. The zero-order valence-corrected chi connectivity index (χ0v) is 14.2. The second kappa shape index (κ2) is 8.31. The summed E-state index contributed by atoms with van der Waals surface area (Å²) in [4.78, 5) is 15.1. The lowest BCUT2D eigenvalue weighted by molar-refractivity contribution is 0.1000. The summed E-state index contributed by atoms with van der Waals surface area (Å²) < 4.78 is 11.1. The third-order valence-corrected chi connectivity index (χ3v) is 3.35. The number of primary amides is 1. The van der Waals surface area contributed by atoms with Crippen LogP contribution in [-0.4, -0.2) is 24.5 Å². The number of ether oxygens (including phenoxy) is 2. The fourth-order valence-electron chi connectivity index (χ4n) is 2.11. The van der Waals surface area contributed by atoms with Crippen LogP contribution in [0.15, 0.2) is 36.5 Å².